The van der Waals surface area contributed by atoms with Gasteiger partial charge in [0.05, 0.1) is 5.75 Å². The zero-order valence-electron chi connectivity index (χ0n) is 13.0. The van der Waals surface area contributed by atoms with Gasteiger partial charge in [0.25, 0.3) is 5.91 Å². The highest BCUT2D eigenvalue weighted by molar-refractivity contribution is 8.00. The molecule has 1 unspecified atom stereocenters. The van der Waals surface area contributed by atoms with Crippen molar-refractivity contribution in [1.82, 2.24) is 4.72 Å². The third-order valence-electron chi connectivity index (χ3n) is 3.85. The summed E-state index contributed by atoms with van der Waals surface area (Å²) >= 11 is 1.37. The Morgan fingerprint density at radius 3 is 2.72 bits per heavy atom. The van der Waals surface area contributed by atoms with E-state index in [-0.39, 0.29) is 5.56 Å². The highest BCUT2D eigenvalue weighted by Gasteiger charge is 2.29. The van der Waals surface area contributed by atoms with Gasteiger partial charge in [0, 0.05) is 11.6 Å². The number of sulfonamides is 1. The Labute approximate surface area is 148 Å². The molecule has 0 fully saturated rings. The Balaban J connectivity index is 1.76. The largest absolute Gasteiger partial charge is 0.272 e. The van der Waals surface area contributed by atoms with Gasteiger partial charge in [0.1, 0.15) is 16.9 Å². The van der Waals surface area contributed by atoms with Crippen LogP contribution in [-0.4, -0.2) is 20.1 Å². The second kappa shape index (κ2) is 7.13. The molecule has 0 saturated heterocycles. The fourth-order valence-electron chi connectivity index (χ4n) is 2.70. The minimum absolute atomic E-state index is 0.196. The molecule has 0 bridgehead atoms. The molecule has 25 heavy (non-hydrogen) atoms. The lowest BCUT2D eigenvalue weighted by Crippen LogP contribution is -2.35. The van der Waals surface area contributed by atoms with E-state index < -0.39 is 38.6 Å². The zero-order chi connectivity index (χ0) is 18.0. The second-order valence-corrected chi connectivity index (χ2v) is 8.60. The lowest BCUT2D eigenvalue weighted by molar-refractivity contribution is -0.118. The van der Waals surface area contributed by atoms with Crippen molar-refractivity contribution >= 4 is 27.7 Å². The normalized spacial score (nSPS) is 17.0. The van der Waals surface area contributed by atoms with Crippen LogP contribution in [0.2, 0.25) is 0 Å². The van der Waals surface area contributed by atoms with E-state index in [9.17, 15) is 22.0 Å². The number of amides is 1. The maximum absolute atomic E-state index is 13.6. The van der Waals surface area contributed by atoms with Crippen molar-refractivity contribution < 1.29 is 22.0 Å². The van der Waals surface area contributed by atoms with E-state index in [1.165, 1.54) is 11.8 Å². The summed E-state index contributed by atoms with van der Waals surface area (Å²) in [4.78, 5) is 12.4. The van der Waals surface area contributed by atoms with E-state index in [4.69, 9.17) is 0 Å². The summed E-state index contributed by atoms with van der Waals surface area (Å²) in [7, 11) is -4.10. The summed E-state index contributed by atoms with van der Waals surface area (Å²) in [6, 6.07) is 10.0. The first-order chi connectivity index (χ1) is 11.9. The number of aryl methyl sites for hydroxylation is 1. The number of rotatable bonds is 4. The number of nitrogens with one attached hydrogen (secondary N) is 1. The van der Waals surface area contributed by atoms with E-state index in [1.54, 1.807) is 12.1 Å². The third kappa shape index (κ3) is 4.19. The van der Waals surface area contributed by atoms with Crippen molar-refractivity contribution in [2.75, 3.05) is 5.75 Å². The summed E-state index contributed by atoms with van der Waals surface area (Å²) < 4.78 is 53.0. The van der Waals surface area contributed by atoms with Crippen LogP contribution >= 0.6 is 11.8 Å². The molecule has 0 spiro atoms. The van der Waals surface area contributed by atoms with E-state index in [0.29, 0.717) is 11.8 Å². The first-order valence-electron chi connectivity index (χ1n) is 7.53. The second-order valence-electron chi connectivity index (χ2n) is 5.66. The molecular formula is C17H15F2NO3S2. The third-order valence-corrected chi connectivity index (χ3v) is 6.29. The van der Waals surface area contributed by atoms with Gasteiger partial charge in [0.15, 0.2) is 0 Å². The van der Waals surface area contributed by atoms with Crippen molar-refractivity contribution in [3.05, 3.63) is 70.8 Å². The molecule has 8 heteroatoms. The van der Waals surface area contributed by atoms with Crippen molar-refractivity contribution in [2.24, 2.45) is 0 Å². The van der Waals surface area contributed by atoms with Gasteiger partial charge in [0.2, 0.25) is 10.0 Å². The number of hydrogen-bond acceptors (Lipinski definition) is 4. The topological polar surface area (TPSA) is 63.2 Å². The van der Waals surface area contributed by atoms with Crippen molar-refractivity contribution in [1.29, 1.82) is 0 Å². The molecule has 132 valence electrons. The monoisotopic (exact) mass is 383 g/mol. The number of carbonyl (C=O) groups excluding carboxylic acids is 1. The van der Waals surface area contributed by atoms with E-state index >= 15 is 0 Å². The van der Waals surface area contributed by atoms with Crippen LogP contribution in [0, 0.1) is 11.6 Å². The van der Waals surface area contributed by atoms with Crippen LogP contribution < -0.4 is 4.72 Å². The molecule has 2 aromatic carbocycles. The van der Waals surface area contributed by atoms with Gasteiger partial charge in [-0.2, -0.15) is 0 Å². The standard InChI is InChI=1S/C17H15F2NO3S2/c18-13-6-5-12(15(19)9-13)10-25(22,23)20-17(21)16-14-4-2-1-3-11(14)7-8-24-16/h1-6,9,16H,7-8,10H2,(H,20,21). The summed E-state index contributed by atoms with van der Waals surface area (Å²) in [5, 5.41) is -0.627. The first-order valence-corrected chi connectivity index (χ1v) is 10.2. The predicted octanol–water partition coefficient (Wildman–Crippen LogP) is 2.94. The average Bonchev–Trinajstić information content (AvgIpc) is 2.56. The summed E-state index contributed by atoms with van der Waals surface area (Å²) in [5.74, 6) is -2.43. The van der Waals surface area contributed by atoms with Crippen LogP contribution in [0.3, 0.4) is 0 Å². The minimum Gasteiger partial charge on any atom is -0.272 e. The highest BCUT2D eigenvalue weighted by Crippen LogP contribution is 2.36. The molecule has 0 radical (unpaired) electrons. The molecule has 3 rings (SSSR count). The van der Waals surface area contributed by atoms with Crippen LogP contribution in [0.15, 0.2) is 42.5 Å². The van der Waals surface area contributed by atoms with Crippen LogP contribution in [0.5, 0.6) is 0 Å². The van der Waals surface area contributed by atoms with Gasteiger partial charge < -0.3 is 0 Å². The number of halogens is 2. The van der Waals surface area contributed by atoms with Gasteiger partial charge in [-0.25, -0.2) is 17.2 Å². The maximum Gasteiger partial charge on any atom is 0.251 e. The number of benzene rings is 2. The molecule has 1 heterocycles. The van der Waals surface area contributed by atoms with Gasteiger partial charge in [-0.1, -0.05) is 30.3 Å². The molecule has 0 aromatic heterocycles. The molecule has 1 aliphatic heterocycles. The molecule has 2 aromatic rings. The lowest BCUT2D eigenvalue weighted by Gasteiger charge is -2.24. The van der Waals surface area contributed by atoms with Gasteiger partial charge in [-0.05, 0) is 29.4 Å². The Morgan fingerprint density at radius 2 is 1.96 bits per heavy atom. The number of carbonyl (C=O) groups is 1. The van der Waals surface area contributed by atoms with Crippen LogP contribution in [0.25, 0.3) is 0 Å². The Bertz CT molecular complexity index is 916. The number of fused-ring (bicyclic) bond motifs is 1. The van der Waals surface area contributed by atoms with E-state index in [1.807, 2.05) is 16.9 Å². The summed E-state index contributed by atoms with van der Waals surface area (Å²) in [6.45, 7) is 0. The number of thioether (sulfide) groups is 1. The van der Waals surface area contributed by atoms with Crippen LogP contribution in [0.1, 0.15) is 21.9 Å². The highest BCUT2D eigenvalue weighted by atomic mass is 32.2. The first kappa shape index (κ1) is 17.9. The van der Waals surface area contributed by atoms with Crippen molar-refractivity contribution in [3.63, 3.8) is 0 Å². The Morgan fingerprint density at radius 1 is 1.20 bits per heavy atom. The van der Waals surface area contributed by atoms with Crippen molar-refractivity contribution in [2.45, 2.75) is 17.4 Å². The van der Waals surface area contributed by atoms with Crippen LogP contribution in [0.4, 0.5) is 8.78 Å². The van der Waals surface area contributed by atoms with Gasteiger partial charge in [-0.3, -0.25) is 9.52 Å². The maximum atomic E-state index is 13.6. The van der Waals surface area contributed by atoms with Crippen LogP contribution in [-0.2, 0) is 27.0 Å². The molecule has 1 amide bonds. The lowest BCUT2D eigenvalue weighted by atomic mass is 10.0. The minimum atomic E-state index is -4.10. The summed E-state index contributed by atoms with van der Waals surface area (Å²) in [6.07, 6.45) is 0.818. The fraction of sp³-hybridized carbons (Fsp3) is 0.235. The number of hydrogen-bond donors (Lipinski definition) is 1. The molecular weight excluding hydrogens is 368 g/mol. The Kier molecular flexibility index (Phi) is 5.10. The molecule has 4 nitrogen and oxygen atoms in total. The zero-order valence-corrected chi connectivity index (χ0v) is 14.7. The fourth-order valence-corrected chi connectivity index (χ4v) is 5.11. The predicted molar refractivity (Wildman–Crippen MR) is 92.5 cm³/mol. The van der Waals surface area contributed by atoms with Gasteiger partial charge in [-0.15, -0.1) is 11.8 Å². The van der Waals surface area contributed by atoms with Gasteiger partial charge >= 0.3 is 0 Å². The average molecular weight is 383 g/mol. The molecule has 0 aliphatic carbocycles. The summed E-state index contributed by atoms with van der Waals surface area (Å²) in [5.41, 5.74) is 1.61. The van der Waals surface area contributed by atoms with Crippen molar-refractivity contribution in [3.8, 4) is 0 Å². The molecule has 0 saturated carbocycles. The molecule has 1 aliphatic rings. The smallest absolute Gasteiger partial charge is 0.251 e. The molecule has 1 atom stereocenters. The SMILES string of the molecule is O=C(NS(=O)(=O)Cc1ccc(F)cc1F)C1SCCc2ccccc21. The van der Waals surface area contributed by atoms with E-state index in [2.05, 4.69) is 0 Å². The van der Waals surface area contributed by atoms with E-state index in [0.717, 1.165) is 29.7 Å². The molecule has 1 N–H and O–H groups in total. The Hall–Kier alpha value is -1.93. The quantitative estimate of drug-likeness (QED) is 0.882.